The van der Waals surface area contributed by atoms with Crippen molar-refractivity contribution in [1.29, 1.82) is 0 Å². The first-order valence-corrected chi connectivity index (χ1v) is 10.8. The Morgan fingerprint density at radius 3 is 2.06 bits per heavy atom. The number of anilines is 1. The van der Waals surface area contributed by atoms with E-state index in [1.165, 1.54) is 0 Å². The van der Waals surface area contributed by atoms with Gasteiger partial charge in [0.2, 0.25) is 0 Å². The molecule has 0 spiro atoms. The van der Waals surface area contributed by atoms with Gasteiger partial charge in [-0.05, 0) is 55.0 Å². The molecule has 2 N–H and O–H groups in total. The van der Waals surface area contributed by atoms with Crippen molar-refractivity contribution in [2.24, 2.45) is 0 Å². The first-order valence-electron chi connectivity index (χ1n) is 10.8. The number of carbonyl (C=O) groups excluding carboxylic acids is 2. The molecule has 0 saturated heterocycles. The number of rotatable bonds is 11. The third-order valence-electron chi connectivity index (χ3n) is 4.72. The second-order valence-corrected chi connectivity index (χ2v) is 7.14. The zero-order chi connectivity index (χ0) is 22.6. The van der Waals surface area contributed by atoms with Gasteiger partial charge in [-0.15, -0.1) is 0 Å². The van der Waals surface area contributed by atoms with Crippen molar-refractivity contribution in [3.63, 3.8) is 0 Å². The summed E-state index contributed by atoms with van der Waals surface area (Å²) >= 11 is 0. The van der Waals surface area contributed by atoms with Crippen LogP contribution in [0, 0.1) is 0 Å². The molecular formula is C26H28N2O4. The summed E-state index contributed by atoms with van der Waals surface area (Å²) in [5.41, 5.74) is 1.39. The van der Waals surface area contributed by atoms with Crippen LogP contribution in [-0.2, 0) is 0 Å². The zero-order valence-corrected chi connectivity index (χ0v) is 18.2. The molecule has 0 atom stereocenters. The van der Waals surface area contributed by atoms with E-state index in [0.29, 0.717) is 42.3 Å². The Kier molecular flexibility index (Phi) is 8.69. The molecule has 0 aliphatic rings. The number of unbranched alkanes of at least 4 members (excludes halogenated alkanes) is 1. The summed E-state index contributed by atoms with van der Waals surface area (Å²) in [4.78, 5) is 25.1. The fraction of sp³-hybridized carbons (Fsp3) is 0.231. The maximum atomic E-state index is 12.7. The largest absolute Gasteiger partial charge is 0.490 e. The molecule has 0 aromatic heterocycles. The lowest BCUT2D eigenvalue weighted by atomic mass is 10.1. The Hall–Kier alpha value is -3.80. The van der Waals surface area contributed by atoms with E-state index in [4.69, 9.17) is 9.47 Å². The van der Waals surface area contributed by atoms with Gasteiger partial charge >= 0.3 is 0 Å². The Balaban J connectivity index is 1.52. The van der Waals surface area contributed by atoms with Gasteiger partial charge in [0.05, 0.1) is 11.3 Å². The monoisotopic (exact) mass is 432 g/mol. The lowest BCUT2D eigenvalue weighted by Crippen LogP contribution is -2.26. The highest BCUT2D eigenvalue weighted by Gasteiger charge is 2.14. The molecular weight excluding hydrogens is 404 g/mol. The molecule has 3 aromatic carbocycles. The van der Waals surface area contributed by atoms with Crippen molar-refractivity contribution in [3.8, 4) is 11.5 Å². The zero-order valence-electron chi connectivity index (χ0n) is 18.2. The van der Waals surface area contributed by atoms with Crippen molar-refractivity contribution < 1.29 is 19.1 Å². The summed E-state index contributed by atoms with van der Waals surface area (Å²) in [6.07, 6.45) is 1.91. The minimum Gasteiger partial charge on any atom is -0.490 e. The van der Waals surface area contributed by atoms with Crippen molar-refractivity contribution >= 4 is 17.5 Å². The van der Waals surface area contributed by atoms with Gasteiger partial charge in [0.15, 0.2) is 0 Å². The highest BCUT2D eigenvalue weighted by atomic mass is 16.5. The third-order valence-corrected chi connectivity index (χ3v) is 4.72. The van der Waals surface area contributed by atoms with Gasteiger partial charge in [-0.2, -0.15) is 0 Å². The van der Waals surface area contributed by atoms with Crippen LogP contribution in [0.1, 0.15) is 40.5 Å². The number of nitrogens with one attached hydrogen (secondary N) is 2. The average Bonchev–Trinajstić information content (AvgIpc) is 2.83. The SMILES string of the molecule is CCCCNC(=O)c1ccccc1NC(=O)c1ccc(OCCOc2ccccc2)cc1. The van der Waals surface area contributed by atoms with Crippen LogP contribution < -0.4 is 20.1 Å². The predicted octanol–water partition coefficient (Wildman–Crippen LogP) is 4.93. The Bertz CT molecular complexity index is 1000. The summed E-state index contributed by atoms with van der Waals surface area (Å²) < 4.78 is 11.3. The highest BCUT2D eigenvalue weighted by Crippen LogP contribution is 2.18. The van der Waals surface area contributed by atoms with Crippen LogP contribution in [-0.4, -0.2) is 31.6 Å². The molecule has 0 heterocycles. The Morgan fingerprint density at radius 1 is 0.750 bits per heavy atom. The van der Waals surface area contributed by atoms with Crippen molar-refractivity contribution in [1.82, 2.24) is 5.32 Å². The van der Waals surface area contributed by atoms with E-state index in [1.807, 2.05) is 30.3 Å². The normalized spacial score (nSPS) is 10.3. The van der Waals surface area contributed by atoms with Crippen molar-refractivity contribution in [2.45, 2.75) is 19.8 Å². The van der Waals surface area contributed by atoms with Crippen molar-refractivity contribution in [2.75, 3.05) is 25.1 Å². The second-order valence-electron chi connectivity index (χ2n) is 7.14. The number of carbonyl (C=O) groups is 2. The summed E-state index contributed by atoms with van der Waals surface area (Å²) in [5.74, 6) is 0.949. The molecule has 166 valence electrons. The van der Waals surface area contributed by atoms with Gasteiger partial charge in [-0.3, -0.25) is 9.59 Å². The third kappa shape index (κ3) is 6.87. The van der Waals surface area contributed by atoms with Gasteiger partial charge in [-0.25, -0.2) is 0 Å². The molecule has 0 saturated carbocycles. The molecule has 0 fully saturated rings. The molecule has 0 aliphatic heterocycles. The molecule has 2 amide bonds. The maximum Gasteiger partial charge on any atom is 0.255 e. The van der Waals surface area contributed by atoms with Crippen LogP contribution in [0.15, 0.2) is 78.9 Å². The molecule has 3 aromatic rings. The molecule has 0 unspecified atom stereocenters. The van der Waals surface area contributed by atoms with E-state index in [2.05, 4.69) is 17.6 Å². The van der Waals surface area contributed by atoms with E-state index >= 15 is 0 Å². The quantitative estimate of drug-likeness (QED) is 0.422. The lowest BCUT2D eigenvalue weighted by Gasteiger charge is -2.12. The molecule has 0 aliphatic carbocycles. The van der Waals surface area contributed by atoms with Crippen LogP contribution in [0.2, 0.25) is 0 Å². The molecule has 0 bridgehead atoms. The Morgan fingerprint density at radius 2 is 1.38 bits per heavy atom. The topological polar surface area (TPSA) is 76.7 Å². The van der Waals surface area contributed by atoms with E-state index in [-0.39, 0.29) is 11.8 Å². The van der Waals surface area contributed by atoms with Crippen LogP contribution >= 0.6 is 0 Å². The first kappa shape index (κ1) is 22.9. The second kappa shape index (κ2) is 12.2. The van der Waals surface area contributed by atoms with Gasteiger partial charge in [-0.1, -0.05) is 43.7 Å². The number of amides is 2. The predicted molar refractivity (Wildman–Crippen MR) is 126 cm³/mol. The lowest BCUT2D eigenvalue weighted by molar-refractivity contribution is 0.0954. The van der Waals surface area contributed by atoms with Crippen LogP contribution in [0.5, 0.6) is 11.5 Å². The maximum absolute atomic E-state index is 12.7. The van der Waals surface area contributed by atoms with Gasteiger partial charge in [0, 0.05) is 12.1 Å². The fourth-order valence-electron chi connectivity index (χ4n) is 3.00. The first-order chi connectivity index (χ1) is 15.7. The standard InChI is InChI=1S/C26H28N2O4/c1-2-3-17-27-26(30)23-11-7-8-12-24(23)28-25(29)20-13-15-22(16-14-20)32-19-18-31-21-9-5-4-6-10-21/h4-16H,2-3,17-19H2,1H3,(H,27,30)(H,28,29). The molecule has 6 heteroatoms. The van der Waals surface area contributed by atoms with Crippen molar-refractivity contribution in [3.05, 3.63) is 90.0 Å². The van der Waals surface area contributed by atoms with Crippen LogP contribution in [0.3, 0.4) is 0 Å². The van der Waals surface area contributed by atoms with E-state index in [1.54, 1.807) is 48.5 Å². The number of hydrogen-bond acceptors (Lipinski definition) is 4. The number of hydrogen-bond donors (Lipinski definition) is 2. The summed E-state index contributed by atoms with van der Waals surface area (Å²) in [6, 6.07) is 23.4. The minimum absolute atomic E-state index is 0.198. The summed E-state index contributed by atoms with van der Waals surface area (Å²) in [5, 5.41) is 5.71. The fourth-order valence-corrected chi connectivity index (χ4v) is 3.00. The van der Waals surface area contributed by atoms with Crippen LogP contribution in [0.25, 0.3) is 0 Å². The molecule has 3 rings (SSSR count). The molecule has 0 radical (unpaired) electrons. The van der Waals surface area contributed by atoms with Gasteiger partial charge in [0.1, 0.15) is 24.7 Å². The summed E-state index contributed by atoms with van der Waals surface area (Å²) in [6.45, 7) is 3.48. The number of para-hydroxylation sites is 2. The van der Waals surface area contributed by atoms with Crippen LogP contribution in [0.4, 0.5) is 5.69 Å². The molecule has 32 heavy (non-hydrogen) atoms. The Labute approximate surface area is 188 Å². The number of ether oxygens (including phenoxy) is 2. The van der Waals surface area contributed by atoms with E-state index in [0.717, 1.165) is 18.6 Å². The van der Waals surface area contributed by atoms with Gasteiger partial charge < -0.3 is 20.1 Å². The summed E-state index contributed by atoms with van der Waals surface area (Å²) in [7, 11) is 0. The number of benzene rings is 3. The highest BCUT2D eigenvalue weighted by molar-refractivity contribution is 6.09. The minimum atomic E-state index is -0.294. The van der Waals surface area contributed by atoms with E-state index in [9.17, 15) is 9.59 Å². The smallest absolute Gasteiger partial charge is 0.255 e. The molecule has 6 nitrogen and oxygen atoms in total. The van der Waals surface area contributed by atoms with E-state index < -0.39 is 0 Å². The average molecular weight is 433 g/mol. The van der Waals surface area contributed by atoms with Gasteiger partial charge in [0.25, 0.3) is 11.8 Å².